The maximum Gasteiger partial charge on any atom is 0.257 e. The number of pyridine rings is 1. The van der Waals surface area contributed by atoms with Crippen LogP contribution in [0.15, 0.2) is 54.6 Å². The third kappa shape index (κ3) is 3.99. The summed E-state index contributed by atoms with van der Waals surface area (Å²) < 4.78 is 0. The molecule has 1 atom stereocenters. The largest absolute Gasteiger partial charge is 0.365 e. The Morgan fingerprint density at radius 2 is 1.91 bits per heavy atom. The number of aryl methyl sites for hydroxylation is 1. The number of fused-ring (bicyclic) bond motifs is 2. The zero-order valence-electron chi connectivity index (χ0n) is 19.4. The molecule has 5 nitrogen and oxygen atoms in total. The smallest absolute Gasteiger partial charge is 0.257 e. The monoisotopic (exact) mass is 469 g/mol. The van der Waals surface area contributed by atoms with E-state index in [0.29, 0.717) is 22.0 Å². The molecule has 0 radical (unpaired) electrons. The Morgan fingerprint density at radius 1 is 1.15 bits per heavy atom. The highest BCUT2D eigenvalue weighted by Crippen LogP contribution is 2.40. The minimum Gasteiger partial charge on any atom is -0.365 e. The van der Waals surface area contributed by atoms with E-state index in [1.807, 2.05) is 61.5 Å². The lowest BCUT2D eigenvalue weighted by atomic mass is 9.85. The molecule has 4 aromatic rings. The van der Waals surface area contributed by atoms with Gasteiger partial charge in [0.15, 0.2) is 0 Å². The third-order valence-electron chi connectivity index (χ3n) is 6.80. The maximum atomic E-state index is 13.6. The molecule has 2 aromatic carbocycles. The second kappa shape index (κ2) is 9.03. The molecule has 0 spiro atoms. The molecular weight excluding hydrogens is 442 g/mol. The molecule has 0 fully saturated rings. The topological polar surface area (TPSA) is 85.1 Å². The van der Waals surface area contributed by atoms with Crippen LogP contribution in [-0.2, 0) is 12.8 Å². The number of para-hydroxylation sites is 1. The quantitative estimate of drug-likeness (QED) is 0.368. The Morgan fingerprint density at radius 3 is 2.68 bits per heavy atom. The van der Waals surface area contributed by atoms with E-state index in [1.54, 1.807) is 0 Å². The van der Waals surface area contributed by atoms with Crippen molar-refractivity contribution in [1.29, 1.82) is 0 Å². The number of primary amides is 1. The van der Waals surface area contributed by atoms with Gasteiger partial charge in [-0.25, -0.2) is 4.98 Å². The SMILES string of the molecule is CC[C@@H]1CCc2c(sc(NC(=O)c3cc(-c4ccccc4C)nc4ccccc34)c2C(N)=O)C1. The van der Waals surface area contributed by atoms with Crippen LogP contribution in [-0.4, -0.2) is 16.8 Å². The van der Waals surface area contributed by atoms with Crippen molar-refractivity contribution in [2.24, 2.45) is 11.7 Å². The van der Waals surface area contributed by atoms with Crippen molar-refractivity contribution in [3.63, 3.8) is 0 Å². The van der Waals surface area contributed by atoms with E-state index in [1.165, 1.54) is 16.2 Å². The van der Waals surface area contributed by atoms with E-state index < -0.39 is 5.91 Å². The minimum atomic E-state index is -0.483. The predicted octanol–water partition coefficient (Wildman–Crippen LogP) is 6.14. The van der Waals surface area contributed by atoms with E-state index >= 15 is 0 Å². The average molecular weight is 470 g/mol. The zero-order valence-corrected chi connectivity index (χ0v) is 20.2. The standard InChI is InChI=1S/C28H27N3O2S/c1-3-17-12-13-20-24(14-17)34-28(25(20)26(29)32)31-27(33)21-15-23(18-9-5-4-8-16(18)2)30-22-11-7-6-10-19(21)22/h4-11,15,17H,3,12-14H2,1-2H3,(H2,29,32)(H,31,33)/t17-/m1/s1. The van der Waals surface area contributed by atoms with Gasteiger partial charge in [-0.3, -0.25) is 9.59 Å². The number of rotatable bonds is 5. The minimum absolute atomic E-state index is 0.262. The van der Waals surface area contributed by atoms with Crippen LogP contribution in [0, 0.1) is 12.8 Å². The van der Waals surface area contributed by atoms with E-state index in [9.17, 15) is 9.59 Å². The number of nitrogens with two attached hydrogens (primary N) is 1. The molecule has 0 saturated heterocycles. The zero-order chi connectivity index (χ0) is 23.8. The molecule has 0 aliphatic heterocycles. The number of amides is 2. The highest BCUT2D eigenvalue weighted by Gasteiger charge is 2.28. The number of benzene rings is 2. The molecule has 2 heterocycles. The molecule has 34 heavy (non-hydrogen) atoms. The van der Waals surface area contributed by atoms with Crippen LogP contribution < -0.4 is 11.1 Å². The van der Waals surface area contributed by atoms with Crippen LogP contribution >= 0.6 is 11.3 Å². The fourth-order valence-electron chi connectivity index (χ4n) is 4.88. The summed E-state index contributed by atoms with van der Waals surface area (Å²) >= 11 is 1.49. The van der Waals surface area contributed by atoms with Crippen molar-refractivity contribution in [3.05, 3.63) is 81.7 Å². The summed E-state index contributed by atoms with van der Waals surface area (Å²) in [5.74, 6) is -0.138. The lowest BCUT2D eigenvalue weighted by Gasteiger charge is -2.20. The number of hydrogen-bond acceptors (Lipinski definition) is 4. The fourth-order valence-corrected chi connectivity index (χ4v) is 6.25. The van der Waals surface area contributed by atoms with Gasteiger partial charge in [-0.05, 0) is 55.4 Å². The summed E-state index contributed by atoms with van der Waals surface area (Å²) in [4.78, 5) is 32.0. The van der Waals surface area contributed by atoms with Crippen molar-refractivity contribution in [1.82, 2.24) is 4.98 Å². The third-order valence-corrected chi connectivity index (χ3v) is 7.97. The van der Waals surface area contributed by atoms with Gasteiger partial charge in [0.25, 0.3) is 11.8 Å². The first-order valence-corrected chi connectivity index (χ1v) is 12.5. The molecule has 2 amide bonds. The number of carbonyl (C=O) groups excluding carboxylic acids is 2. The number of aromatic nitrogens is 1. The average Bonchev–Trinajstić information content (AvgIpc) is 3.20. The van der Waals surface area contributed by atoms with Crippen LogP contribution in [0.4, 0.5) is 5.00 Å². The van der Waals surface area contributed by atoms with E-state index in [4.69, 9.17) is 10.7 Å². The van der Waals surface area contributed by atoms with Crippen molar-refractivity contribution in [2.75, 3.05) is 5.32 Å². The lowest BCUT2D eigenvalue weighted by molar-refractivity contribution is 0.1000. The number of nitrogens with zero attached hydrogens (tertiary/aromatic N) is 1. The van der Waals surface area contributed by atoms with E-state index in [0.717, 1.165) is 59.0 Å². The summed E-state index contributed by atoms with van der Waals surface area (Å²) in [6.07, 6.45) is 3.91. The first kappa shape index (κ1) is 22.3. The second-order valence-corrected chi connectivity index (χ2v) is 10.0. The van der Waals surface area contributed by atoms with Gasteiger partial charge in [0.1, 0.15) is 5.00 Å². The van der Waals surface area contributed by atoms with Crippen LogP contribution in [0.5, 0.6) is 0 Å². The molecule has 3 N–H and O–H groups in total. The van der Waals surface area contributed by atoms with Crippen LogP contribution in [0.2, 0.25) is 0 Å². The number of carbonyl (C=O) groups is 2. The predicted molar refractivity (Wildman–Crippen MR) is 139 cm³/mol. The van der Waals surface area contributed by atoms with Gasteiger partial charge in [-0.2, -0.15) is 0 Å². The molecule has 1 aliphatic carbocycles. The Bertz CT molecular complexity index is 1420. The Hall–Kier alpha value is -3.51. The summed E-state index contributed by atoms with van der Waals surface area (Å²) in [5, 5.41) is 4.36. The highest BCUT2D eigenvalue weighted by molar-refractivity contribution is 7.17. The van der Waals surface area contributed by atoms with Crippen LogP contribution in [0.3, 0.4) is 0 Å². The molecule has 6 heteroatoms. The van der Waals surface area contributed by atoms with Crippen molar-refractivity contribution in [2.45, 2.75) is 39.5 Å². The summed E-state index contributed by atoms with van der Waals surface area (Å²) in [7, 11) is 0. The van der Waals surface area contributed by atoms with Gasteiger partial charge in [-0.15, -0.1) is 11.3 Å². The first-order chi connectivity index (χ1) is 16.5. The maximum absolute atomic E-state index is 13.6. The Kier molecular flexibility index (Phi) is 5.92. The summed E-state index contributed by atoms with van der Waals surface area (Å²) in [6.45, 7) is 4.23. The van der Waals surface area contributed by atoms with Crippen molar-refractivity contribution < 1.29 is 9.59 Å². The highest BCUT2D eigenvalue weighted by atomic mass is 32.1. The molecule has 172 valence electrons. The summed E-state index contributed by atoms with van der Waals surface area (Å²) in [6, 6.07) is 17.5. The molecule has 2 aromatic heterocycles. The van der Waals surface area contributed by atoms with Crippen molar-refractivity contribution >= 4 is 39.1 Å². The lowest BCUT2D eigenvalue weighted by Crippen LogP contribution is -2.20. The molecule has 0 unspecified atom stereocenters. The fraction of sp³-hybridized carbons (Fsp3) is 0.250. The van der Waals surface area contributed by atoms with E-state index in [2.05, 4.69) is 12.2 Å². The van der Waals surface area contributed by atoms with Crippen molar-refractivity contribution in [3.8, 4) is 11.3 Å². The van der Waals surface area contributed by atoms with Crippen LogP contribution in [0.25, 0.3) is 22.2 Å². The normalized spacial score (nSPS) is 15.2. The van der Waals surface area contributed by atoms with Gasteiger partial charge >= 0.3 is 0 Å². The number of nitrogens with one attached hydrogen (secondary N) is 1. The number of hydrogen-bond donors (Lipinski definition) is 2. The Labute approximate surface area is 203 Å². The molecular formula is C28H27N3O2S. The molecule has 1 aliphatic rings. The van der Waals surface area contributed by atoms with Gasteiger partial charge in [0.05, 0.1) is 22.3 Å². The molecule has 0 saturated carbocycles. The molecule has 0 bridgehead atoms. The first-order valence-electron chi connectivity index (χ1n) is 11.7. The Balaban J connectivity index is 1.58. The second-order valence-electron chi connectivity index (χ2n) is 8.93. The van der Waals surface area contributed by atoms with Gasteiger partial charge in [0, 0.05) is 15.8 Å². The van der Waals surface area contributed by atoms with Gasteiger partial charge < -0.3 is 11.1 Å². The summed E-state index contributed by atoms with van der Waals surface area (Å²) in [5.41, 5.74) is 11.4. The molecule has 5 rings (SSSR count). The van der Waals surface area contributed by atoms with Gasteiger partial charge in [-0.1, -0.05) is 55.8 Å². The van der Waals surface area contributed by atoms with Gasteiger partial charge in [0.2, 0.25) is 0 Å². The van der Waals surface area contributed by atoms with E-state index in [-0.39, 0.29) is 5.91 Å². The number of anilines is 1. The number of thiophene rings is 1. The van der Waals surface area contributed by atoms with Crippen LogP contribution in [0.1, 0.15) is 56.5 Å².